The highest BCUT2D eigenvalue weighted by Gasteiger charge is 2.28. The van der Waals surface area contributed by atoms with Gasteiger partial charge in [0.1, 0.15) is 17.8 Å². The third-order valence-corrected chi connectivity index (χ3v) is 8.79. The first kappa shape index (κ1) is 38.7. The molecule has 0 saturated heterocycles. The van der Waals surface area contributed by atoms with Crippen LogP contribution in [0.1, 0.15) is 101 Å². The fraction of sp³-hybridized carbons (Fsp3) is 0.405. The molecule has 4 rings (SSSR count). The molecule has 9 heteroatoms. The molecule has 0 unspecified atom stereocenters. The smallest absolute Gasteiger partial charge is 0.326 e. The van der Waals surface area contributed by atoms with E-state index >= 15 is 0 Å². The Morgan fingerprint density at radius 1 is 0.725 bits per heavy atom. The summed E-state index contributed by atoms with van der Waals surface area (Å²) in [5.74, 6) is -0.309. The molecule has 0 saturated carbocycles. The van der Waals surface area contributed by atoms with Crippen molar-refractivity contribution in [3.8, 4) is 28.3 Å². The van der Waals surface area contributed by atoms with Crippen molar-refractivity contribution in [1.82, 2.24) is 20.6 Å². The molecule has 0 radical (unpaired) electrons. The molecule has 1 heterocycles. The summed E-state index contributed by atoms with van der Waals surface area (Å²) in [7, 11) is 0. The summed E-state index contributed by atoms with van der Waals surface area (Å²) in [6.07, 6.45) is 10.0. The second kappa shape index (κ2) is 19.4. The Kier molecular flexibility index (Phi) is 14.7. The Balaban J connectivity index is 1.42. The average Bonchev–Trinajstić information content (AvgIpc) is 3.13. The monoisotopic (exact) mass is 692 g/mol. The predicted molar refractivity (Wildman–Crippen MR) is 202 cm³/mol. The molecule has 9 nitrogen and oxygen atoms in total. The number of nitrogens with one attached hydrogen (secondary N) is 2. The van der Waals surface area contributed by atoms with Gasteiger partial charge >= 0.3 is 5.97 Å². The molecule has 0 spiro atoms. The van der Waals surface area contributed by atoms with Crippen molar-refractivity contribution in [2.24, 2.45) is 5.92 Å². The summed E-state index contributed by atoms with van der Waals surface area (Å²) >= 11 is 0. The number of hydrogen-bond donors (Lipinski definition) is 3. The second-order valence-corrected chi connectivity index (χ2v) is 13.8. The molecule has 51 heavy (non-hydrogen) atoms. The van der Waals surface area contributed by atoms with Crippen molar-refractivity contribution in [1.29, 1.82) is 0 Å². The molecule has 1 aromatic heterocycles. The first-order valence-corrected chi connectivity index (χ1v) is 18.1. The summed E-state index contributed by atoms with van der Waals surface area (Å²) in [5.41, 5.74) is 4.98. The summed E-state index contributed by atoms with van der Waals surface area (Å²) in [5, 5.41) is 15.2. The van der Waals surface area contributed by atoms with Gasteiger partial charge in [0.2, 0.25) is 5.91 Å². The maximum atomic E-state index is 13.5. The third-order valence-electron chi connectivity index (χ3n) is 8.79. The van der Waals surface area contributed by atoms with Gasteiger partial charge in [0, 0.05) is 35.5 Å². The number of carboxylic acids is 1. The fourth-order valence-corrected chi connectivity index (χ4v) is 5.73. The van der Waals surface area contributed by atoms with Crippen LogP contribution < -0.4 is 15.4 Å². The standard InChI is InChI=1S/C42H52N4O5/c1-6-7-8-9-10-23-51-36-21-19-32(20-22-36)35-26-43-39(44-27-35)33-13-11-30(12-14-33)25-37(41(48)46-38(42(49)50)24-28(2)3)45-40(47)34-17-15-31(16-18-34)29(4)5/h11-22,26-29,37-38H,6-10,23-25H2,1-5H3,(H,45,47)(H,46,48)(H,49,50)/t37-,38+/m0/s1. The van der Waals surface area contributed by atoms with Crippen LogP contribution in [0.4, 0.5) is 0 Å². The number of aliphatic carboxylic acids is 1. The molecule has 4 aromatic rings. The van der Waals surface area contributed by atoms with Crippen molar-refractivity contribution in [3.63, 3.8) is 0 Å². The fourth-order valence-electron chi connectivity index (χ4n) is 5.73. The van der Waals surface area contributed by atoms with E-state index in [0.29, 0.717) is 17.3 Å². The van der Waals surface area contributed by atoms with Crippen molar-refractivity contribution in [3.05, 3.63) is 102 Å². The molecule has 3 N–H and O–H groups in total. The number of carbonyl (C=O) groups excluding carboxylic acids is 2. The highest BCUT2D eigenvalue weighted by molar-refractivity contribution is 5.98. The minimum Gasteiger partial charge on any atom is -0.494 e. The predicted octanol–water partition coefficient (Wildman–Crippen LogP) is 8.24. The third kappa shape index (κ3) is 12.1. The molecule has 3 aromatic carbocycles. The van der Waals surface area contributed by atoms with Gasteiger partial charge < -0.3 is 20.5 Å². The van der Waals surface area contributed by atoms with Gasteiger partial charge in [-0.2, -0.15) is 0 Å². The summed E-state index contributed by atoms with van der Waals surface area (Å²) in [6.45, 7) is 10.9. The van der Waals surface area contributed by atoms with Crippen molar-refractivity contribution < 1.29 is 24.2 Å². The Hall–Kier alpha value is -5.05. The maximum absolute atomic E-state index is 13.5. The van der Waals surface area contributed by atoms with E-state index in [1.807, 2.05) is 74.5 Å². The summed E-state index contributed by atoms with van der Waals surface area (Å²) < 4.78 is 5.89. The zero-order valence-electron chi connectivity index (χ0n) is 30.5. The van der Waals surface area contributed by atoms with E-state index in [-0.39, 0.29) is 18.8 Å². The zero-order chi connectivity index (χ0) is 36.8. The first-order chi connectivity index (χ1) is 24.5. The lowest BCUT2D eigenvalue weighted by Gasteiger charge is -2.23. The molecule has 0 aliphatic heterocycles. The molecule has 270 valence electrons. The molecule has 0 bridgehead atoms. The first-order valence-electron chi connectivity index (χ1n) is 18.1. The van der Waals surface area contributed by atoms with Crippen LogP contribution in [-0.2, 0) is 16.0 Å². The van der Waals surface area contributed by atoms with Gasteiger partial charge in [-0.05, 0) is 65.6 Å². The number of carboxylic acid groups (broad SMARTS) is 1. The number of unbranched alkanes of at least 4 members (excludes halogenated alkanes) is 4. The molecule has 0 fully saturated rings. The lowest BCUT2D eigenvalue weighted by atomic mass is 10.00. The number of amides is 2. The number of ether oxygens (including phenoxy) is 1. The molecule has 0 aliphatic carbocycles. The van der Waals surface area contributed by atoms with E-state index < -0.39 is 29.9 Å². The molecular formula is C42H52N4O5. The summed E-state index contributed by atoms with van der Waals surface area (Å²) in [4.78, 5) is 47.9. The normalized spacial score (nSPS) is 12.4. The molecule has 0 aliphatic rings. The van der Waals surface area contributed by atoms with Gasteiger partial charge in [0.25, 0.3) is 5.91 Å². The molecule has 2 amide bonds. The van der Waals surface area contributed by atoms with Gasteiger partial charge in [-0.3, -0.25) is 9.59 Å². The number of carbonyl (C=O) groups is 3. The lowest BCUT2D eigenvalue weighted by molar-refractivity contribution is -0.142. The van der Waals surface area contributed by atoms with Gasteiger partial charge in [-0.15, -0.1) is 0 Å². The number of nitrogens with zero attached hydrogens (tertiary/aromatic N) is 2. The quantitative estimate of drug-likeness (QED) is 0.0844. The van der Waals surface area contributed by atoms with Gasteiger partial charge in [0.15, 0.2) is 5.82 Å². The Bertz CT molecular complexity index is 1690. The van der Waals surface area contributed by atoms with E-state index in [2.05, 4.69) is 41.4 Å². The Morgan fingerprint density at radius 2 is 1.35 bits per heavy atom. The SMILES string of the molecule is CCCCCCCOc1ccc(-c2cnc(-c3ccc(C[C@H](NC(=O)c4ccc(C(C)C)cc4)C(=O)N[C@H](CC(C)C)C(=O)O)cc3)nc2)cc1. The van der Waals surface area contributed by atoms with Crippen molar-refractivity contribution >= 4 is 17.8 Å². The highest BCUT2D eigenvalue weighted by Crippen LogP contribution is 2.24. The van der Waals surface area contributed by atoms with Crippen LogP contribution in [-0.4, -0.2) is 51.5 Å². The molecular weight excluding hydrogens is 640 g/mol. The number of aromatic nitrogens is 2. The van der Waals surface area contributed by atoms with Gasteiger partial charge in [-0.1, -0.05) is 109 Å². The van der Waals surface area contributed by atoms with Gasteiger partial charge in [-0.25, -0.2) is 14.8 Å². The van der Waals surface area contributed by atoms with Crippen LogP contribution in [0, 0.1) is 5.92 Å². The number of rotatable bonds is 19. The minimum atomic E-state index is -1.11. The van der Waals surface area contributed by atoms with Crippen LogP contribution in [0.3, 0.4) is 0 Å². The largest absolute Gasteiger partial charge is 0.494 e. The summed E-state index contributed by atoms with van der Waals surface area (Å²) in [6, 6.07) is 20.6. The van der Waals surface area contributed by atoms with E-state index in [9.17, 15) is 19.5 Å². The Morgan fingerprint density at radius 3 is 1.94 bits per heavy atom. The Labute approximate surface area is 302 Å². The van der Waals surface area contributed by atoms with E-state index in [0.717, 1.165) is 46.6 Å². The zero-order valence-corrected chi connectivity index (χ0v) is 30.5. The van der Waals surface area contributed by atoms with E-state index in [4.69, 9.17) is 4.74 Å². The van der Waals surface area contributed by atoms with Crippen molar-refractivity contribution in [2.75, 3.05) is 6.61 Å². The minimum absolute atomic E-state index is 0.0533. The second-order valence-electron chi connectivity index (χ2n) is 13.8. The van der Waals surface area contributed by atoms with E-state index in [1.54, 1.807) is 24.5 Å². The lowest BCUT2D eigenvalue weighted by Crippen LogP contribution is -2.52. The van der Waals surface area contributed by atoms with Gasteiger partial charge in [0.05, 0.1) is 6.61 Å². The topological polar surface area (TPSA) is 131 Å². The average molecular weight is 693 g/mol. The van der Waals surface area contributed by atoms with E-state index in [1.165, 1.54) is 25.7 Å². The van der Waals surface area contributed by atoms with Crippen LogP contribution in [0.2, 0.25) is 0 Å². The highest BCUT2D eigenvalue weighted by atomic mass is 16.5. The van der Waals surface area contributed by atoms with Crippen LogP contribution >= 0.6 is 0 Å². The number of hydrogen-bond acceptors (Lipinski definition) is 6. The number of benzene rings is 3. The maximum Gasteiger partial charge on any atom is 0.326 e. The van der Waals surface area contributed by atoms with Crippen LogP contribution in [0.15, 0.2) is 85.2 Å². The van der Waals surface area contributed by atoms with Crippen molar-refractivity contribution in [2.45, 2.75) is 97.6 Å². The van der Waals surface area contributed by atoms with Crippen LogP contribution in [0.5, 0.6) is 5.75 Å². The molecule has 2 atom stereocenters. The van der Waals surface area contributed by atoms with Crippen LogP contribution in [0.25, 0.3) is 22.5 Å².